The van der Waals surface area contributed by atoms with Crippen LogP contribution in [-0.2, 0) is 16.6 Å². The Balaban J connectivity index is 1.91. The average Bonchev–Trinajstić information content (AvgIpc) is 2.91. The van der Waals surface area contributed by atoms with Gasteiger partial charge in [0.15, 0.2) is 0 Å². The van der Waals surface area contributed by atoms with Gasteiger partial charge in [0.25, 0.3) is 0 Å². The fraction of sp³-hybridized carbons (Fsp3) is 0.500. The first-order valence-electron chi connectivity index (χ1n) is 7.14. The monoisotopic (exact) mass is 310 g/mol. The zero-order valence-corrected chi connectivity index (χ0v) is 12.5. The summed E-state index contributed by atoms with van der Waals surface area (Å²) in [7, 11) is -3.49. The van der Waals surface area contributed by atoms with E-state index >= 15 is 0 Å². The van der Waals surface area contributed by atoms with Crippen molar-refractivity contribution in [2.24, 2.45) is 0 Å². The summed E-state index contributed by atoms with van der Waals surface area (Å²) in [6.45, 7) is 1.53. The lowest BCUT2D eigenvalue weighted by Crippen LogP contribution is -2.45. The number of carbonyl (C=O) groups is 1. The fourth-order valence-electron chi connectivity index (χ4n) is 2.98. The van der Waals surface area contributed by atoms with E-state index in [0.29, 0.717) is 31.7 Å². The molecule has 0 saturated carbocycles. The minimum absolute atomic E-state index is 0.200. The summed E-state index contributed by atoms with van der Waals surface area (Å²) in [6.07, 6.45) is 3.43. The Morgan fingerprint density at radius 3 is 2.48 bits per heavy atom. The molecule has 0 spiro atoms. The molecule has 2 heterocycles. The zero-order chi connectivity index (χ0) is 15.0. The molecule has 0 aliphatic carbocycles. The Labute approximate surface area is 124 Å². The Bertz CT molecular complexity index is 666. The van der Waals surface area contributed by atoms with Gasteiger partial charge >= 0.3 is 16.2 Å². The van der Waals surface area contributed by atoms with Gasteiger partial charge in [0.2, 0.25) is 0 Å². The topological polar surface area (TPSA) is 77.9 Å². The standard InChI is InChI=1S/C14H18N2O4S/c17-14(18)12-4-5-13-11(10-12)6-9-16(13)21(19,20)15-7-2-1-3-8-15/h4-5,10H,1-3,6-9H2,(H,17,18). The van der Waals surface area contributed by atoms with Crippen LogP contribution in [0.5, 0.6) is 0 Å². The minimum atomic E-state index is -3.49. The third-order valence-corrected chi connectivity index (χ3v) is 6.05. The largest absolute Gasteiger partial charge is 0.478 e. The summed E-state index contributed by atoms with van der Waals surface area (Å²) in [4.78, 5) is 11.0. The third-order valence-electron chi connectivity index (χ3n) is 4.10. The maximum absolute atomic E-state index is 12.7. The number of aromatic carboxylic acids is 1. The highest BCUT2D eigenvalue weighted by atomic mass is 32.2. The van der Waals surface area contributed by atoms with Gasteiger partial charge in [0.1, 0.15) is 0 Å². The maximum Gasteiger partial charge on any atom is 0.335 e. The summed E-state index contributed by atoms with van der Waals surface area (Å²) >= 11 is 0. The first-order valence-corrected chi connectivity index (χ1v) is 8.54. The van der Waals surface area contributed by atoms with Gasteiger partial charge in [-0.25, -0.2) is 4.79 Å². The quantitative estimate of drug-likeness (QED) is 0.917. The highest BCUT2D eigenvalue weighted by Crippen LogP contribution is 2.33. The molecule has 0 aromatic heterocycles. The number of anilines is 1. The summed E-state index contributed by atoms with van der Waals surface area (Å²) < 4.78 is 28.4. The second kappa shape index (κ2) is 5.31. The molecule has 0 amide bonds. The van der Waals surface area contributed by atoms with Crippen LogP contribution in [0.2, 0.25) is 0 Å². The minimum Gasteiger partial charge on any atom is -0.478 e. The lowest BCUT2D eigenvalue weighted by Gasteiger charge is -2.31. The van der Waals surface area contributed by atoms with Crippen molar-refractivity contribution in [2.45, 2.75) is 25.7 Å². The molecule has 2 aliphatic rings. The number of nitrogens with zero attached hydrogens (tertiary/aromatic N) is 2. The summed E-state index contributed by atoms with van der Waals surface area (Å²) in [6, 6.07) is 4.64. The van der Waals surface area contributed by atoms with E-state index in [-0.39, 0.29) is 5.56 Å². The van der Waals surface area contributed by atoms with Gasteiger partial charge in [-0.3, -0.25) is 4.31 Å². The van der Waals surface area contributed by atoms with Crippen molar-refractivity contribution in [3.63, 3.8) is 0 Å². The number of carboxylic acids is 1. The molecule has 1 aromatic carbocycles. The Morgan fingerprint density at radius 1 is 1.10 bits per heavy atom. The van der Waals surface area contributed by atoms with E-state index in [1.807, 2.05) is 0 Å². The van der Waals surface area contributed by atoms with Crippen LogP contribution in [0, 0.1) is 0 Å². The molecule has 1 fully saturated rings. The van der Waals surface area contributed by atoms with E-state index in [2.05, 4.69) is 0 Å². The van der Waals surface area contributed by atoms with E-state index in [1.54, 1.807) is 12.1 Å². The normalized spacial score (nSPS) is 19.5. The van der Waals surface area contributed by atoms with Crippen LogP contribution in [-0.4, -0.2) is 43.4 Å². The molecule has 1 N–H and O–H groups in total. The molecule has 1 saturated heterocycles. The number of hydrogen-bond acceptors (Lipinski definition) is 3. The van der Waals surface area contributed by atoms with E-state index in [4.69, 9.17) is 5.11 Å². The molecule has 6 nitrogen and oxygen atoms in total. The van der Waals surface area contributed by atoms with Gasteiger partial charge in [0.05, 0.1) is 11.3 Å². The molecule has 0 atom stereocenters. The molecule has 114 valence electrons. The van der Waals surface area contributed by atoms with Crippen molar-refractivity contribution in [1.29, 1.82) is 0 Å². The highest BCUT2D eigenvalue weighted by Gasteiger charge is 2.35. The fourth-order valence-corrected chi connectivity index (χ4v) is 4.73. The van der Waals surface area contributed by atoms with Crippen LogP contribution in [0.15, 0.2) is 18.2 Å². The molecule has 3 rings (SSSR count). The Hall–Kier alpha value is -1.60. The molecule has 0 bridgehead atoms. The second-order valence-corrected chi connectivity index (χ2v) is 7.29. The van der Waals surface area contributed by atoms with E-state index in [1.165, 1.54) is 14.7 Å². The molecule has 7 heteroatoms. The van der Waals surface area contributed by atoms with Crippen molar-refractivity contribution in [3.8, 4) is 0 Å². The molecule has 2 aliphatic heterocycles. The van der Waals surface area contributed by atoms with Crippen LogP contribution < -0.4 is 4.31 Å². The molecule has 1 aromatic rings. The van der Waals surface area contributed by atoms with Gasteiger partial charge in [-0.2, -0.15) is 12.7 Å². The smallest absolute Gasteiger partial charge is 0.335 e. The van der Waals surface area contributed by atoms with Crippen molar-refractivity contribution >= 4 is 21.9 Å². The number of hydrogen-bond donors (Lipinski definition) is 1. The predicted molar refractivity (Wildman–Crippen MR) is 78.8 cm³/mol. The summed E-state index contributed by atoms with van der Waals surface area (Å²) in [5.74, 6) is -0.991. The van der Waals surface area contributed by atoms with Gasteiger partial charge in [-0.15, -0.1) is 0 Å². The zero-order valence-electron chi connectivity index (χ0n) is 11.7. The molecule has 21 heavy (non-hydrogen) atoms. The van der Waals surface area contributed by atoms with E-state index in [9.17, 15) is 13.2 Å². The van der Waals surface area contributed by atoms with Gasteiger partial charge in [0, 0.05) is 19.6 Å². The van der Waals surface area contributed by atoms with Crippen LogP contribution in [0.4, 0.5) is 5.69 Å². The van der Waals surface area contributed by atoms with Crippen LogP contribution in [0.1, 0.15) is 35.2 Å². The first kappa shape index (κ1) is 14.3. The Kier molecular flexibility index (Phi) is 3.62. The number of piperidine rings is 1. The van der Waals surface area contributed by atoms with E-state index in [0.717, 1.165) is 24.8 Å². The lowest BCUT2D eigenvalue weighted by molar-refractivity contribution is 0.0697. The lowest BCUT2D eigenvalue weighted by atomic mass is 10.1. The number of fused-ring (bicyclic) bond motifs is 1. The van der Waals surface area contributed by atoms with Crippen molar-refractivity contribution < 1.29 is 18.3 Å². The first-order chi connectivity index (χ1) is 10.00. The SMILES string of the molecule is O=C(O)c1ccc2c(c1)CCN2S(=O)(=O)N1CCCCC1. The van der Waals surface area contributed by atoms with Crippen molar-refractivity contribution in [1.82, 2.24) is 4.31 Å². The third kappa shape index (κ3) is 2.51. The summed E-state index contributed by atoms with van der Waals surface area (Å²) in [5.41, 5.74) is 1.60. The van der Waals surface area contributed by atoms with Gasteiger partial charge in [-0.05, 0) is 43.0 Å². The van der Waals surface area contributed by atoms with Crippen molar-refractivity contribution in [3.05, 3.63) is 29.3 Å². The van der Waals surface area contributed by atoms with Crippen LogP contribution >= 0.6 is 0 Å². The number of carboxylic acid groups (broad SMARTS) is 1. The predicted octanol–water partition coefficient (Wildman–Crippen LogP) is 1.48. The van der Waals surface area contributed by atoms with Crippen LogP contribution in [0.3, 0.4) is 0 Å². The molecule has 0 unspecified atom stereocenters. The van der Waals surface area contributed by atoms with Gasteiger partial charge < -0.3 is 5.11 Å². The highest BCUT2D eigenvalue weighted by molar-refractivity contribution is 7.90. The molecular formula is C14H18N2O4S. The van der Waals surface area contributed by atoms with Gasteiger partial charge in [-0.1, -0.05) is 6.42 Å². The number of rotatable bonds is 3. The molecular weight excluding hydrogens is 292 g/mol. The number of benzene rings is 1. The Morgan fingerprint density at radius 2 is 1.81 bits per heavy atom. The summed E-state index contributed by atoms with van der Waals surface area (Å²) in [5, 5.41) is 9.01. The molecule has 0 radical (unpaired) electrons. The van der Waals surface area contributed by atoms with E-state index < -0.39 is 16.2 Å². The van der Waals surface area contributed by atoms with Crippen molar-refractivity contribution in [2.75, 3.05) is 23.9 Å². The maximum atomic E-state index is 12.7. The average molecular weight is 310 g/mol. The van der Waals surface area contributed by atoms with Crippen LogP contribution in [0.25, 0.3) is 0 Å². The second-order valence-electron chi connectivity index (χ2n) is 5.44.